The summed E-state index contributed by atoms with van der Waals surface area (Å²) >= 11 is 0. The molecular formula is C21H27N3O2. The van der Waals surface area contributed by atoms with E-state index in [-0.39, 0.29) is 6.10 Å². The normalized spacial score (nSPS) is 17.4. The summed E-state index contributed by atoms with van der Waals surface area (Å²) in [6.07, 6.45) is 0.540. The number of aliphatic hydroxyl groups excluding tert-OH is 1. The molecule has 0 unspecified atom stereocenters. The van der Waals surface area contributed by atoms with Gasteiger partial charge in [0.2, 0.25) is 0 Å². The first kappa shape index (κ1) is 18.3. The summed E-state index contributed by atoms with van der Waals surface area (Å²) in [5.74, 6) is 1.72. The Morgan fingerprint density at radius 1 is 1.19 bits per heavy atom. The number of rotatable bonds is 6. The van der Waals surface area contributed by atoms with Crippen LogP contribution in [0.1, 0.15) is 13.3 Å². The number of likely N-dealkylation sites (tertiary alicyclic amines) is 1. The maximum atomic E-state index is 9.73. The second kappa shape index (κ2) is 9.25. The molecule has 1 atom stereocenters. The molecule has 3 rings (SSSR count). The number of aliphatic imine (C=N–C) groups is 1. The van der Waals surface area contributed by atoms with Gasteiger partial charge in [-0.1, -0.05) is 48.5 Å². The molecule has 1 aliphatic heterocycles. The standard InChI is InChI=1S/C21H27N3O2/c1-2-22-21(24-14-12-18(25)16-24)23-13-15-26-20-11-7-6-10-19(20)17-8-4-3-5-9-17/h3-11,18,25H,2,12-16H2,1H3,(H,22,23)/t18-/m1/s1. The van der Waals surface area contributed by atoms with Gasteiger partial charge < -0.3 is 20.1 Å². The zero-order valence-corrected chi connectivity index (χ0v) is 15.3. The first-order valence-corrected chi connectivity index (χ1v) is 9.26. The van der Waals surface area contributed by atoms with E-state index in [1.807, 2.05) is 36.4 Å². The summed E-state index contributed by atoms with van der Waals surface area (Å²) < 4.78 is 6.00. The van der Waals surface area contributed by atoms with Crippen molar-refractivity contribution in [2.45, 2.75) is 19.4 Å². The molecule has 2 aromatic rings. The summed E-state index contributed by atoms with van der Waals surface area (Å²) in [5, 5.41) is 13.0. The predicted octanol–water partition coefficient (Wildman–Crippen LogP) is 2.76. The molecule has 1 fully saturated rings. The number of para-hydroxylation sites is 1. The fraction of sp³-hybridized carbons (Fsp3) is 0.381. The SMILES string of the molecule is CCNC(=NCCOc1ccccc1-c1ccccc1)N1CC[C@@H](O)C1. The van der Waals surface area contributed by atoms with Crippen molar-refractivity contribution in [1.82, 2.24) is 10.2 Å². The van der Waals surface area contributed by atoms with Gasteiger partial charge in [-0.2, -0.15) is 0 Å². The van der Waals surface area contributed by atoms with Crippen LogP contribution in [0.4, 0.5) is 0 Å². The highest BCUT2D eigenvalue weighted by Gasteiger charge is 2.22. The van der Waals surface area contributed by atoms with Crippen LogP contribution in [0.25, 0.3) is 11.1 Å². The Labute approximate surface area is 155 Å². The lowest BCUT2D eigenvalue weighted by atomic mass is 10.1. The van der Waals surface area contributed by atoms with E-state index in [2.05, 4.69) is 40.3 Å². The molecule has 0 aromatic heterocycles. The van der Waals surface area contributed by atoms with Crippen LogP contribution >= 0.6 is 0 Å². The molecule has 5 heteroatoms. The second-order valence-corrected chi connectivity index (χ2v) is 6.33. The zero-order chi connectivity index (χ0) is 18.2. The van der Waals surface area contributed by atoms with E-state index < -0.39 is 0 Å². The van der Waals surface area contributed by atoms with Gasteiger partial charge in [0.1, 0.15) is 12.4 Å². The molecule has 2 aromatic carbocycles. The van der Waals surface area contributed by atoms with Crippen LogP contribution in [0, 0.1) is 0 Å². The van der Waals surface area contributed by atoms with Crippen molar-refractivity contribution in [2.24, 2.45) is 4.99 Å². The first-order valence-electron chi connectivity index (χ1n) is 9.26. The van der Waals surface area contributed by atoms with E-state index in [1.54, 1.807) is 0 Å². The smallest absolute Gasteiger partial charge is 0.194 e. The minimum absolute atomic E-state index is 0.257. The Morgan fingerprint density at radius 2 is 1.96 bits per heavy atom. The number of ether oxygens (including phenoxy) is 1. The van der Waals surface area contributed by atoms with E-state index in [0.29, 0.717) is 19.7 Å². The van der Waals surface area contributed by atoms with Crippen molar-refractivity contribution in [3.05, 3.63) is 54.6 Å². The molecule has 5 nitrogen and oxygen atoms in total. The molecule has 0 radical (unpaired) electrons. The molecule has 0 spiro atoms. The minimum Gasteiger partial charge on any atom is -0.491 e. The lowest BCUT2D eigenvalue weighted by Gasteiger charge is -2.21. The summed E-state index contributed by atoms with van der Waals surface area (Å²) in [4.78, 5) is 6.75. The summed E-state index contributed by atoms with van der Waals surface area (Å²) in [7, 11) is 0. The Kier molecular flexibility index (Phi) is 6.50. The third-order valence-electron chi connectivity index (χ3n) is 4.38. The average Bonchev–Trinajstić information content (AvgIpc) is 3.11. The van der Waals surface area contributed by atoms with Crippen LogP contribution in [0.3, 0.4) is 0 Å². The van der Waals surface area contributed by atoms with Gasteiger partial charge >= 0.3 is 0 Å². The van der Waals surface area contributed by atoms with E-state index in [1.165, 1.54) is 0 Å². The largest absolute Gasteiger partial charge is 0.491 e. The molecule has 26 heavy (non-hydrogen) atoms. The third-order valence-corrected chi connectivity index (χ3v) is 4.38. The van der Waals surface area contributed by atoms with Gasteiger partial charge in [-0.15, -0.1) is 0 Å². The monoisotopic (exact) mass is 353 g/mol. The van der Waals surface area contributed by atoms with Crippen molar-refractivity contribution < 1.29 is 9.84 Å². The highest BCUT2D eigenvalue weighted by Crippen LogP contribution is 2.29. The van der Waals surface area contributed by atoms with E-state index in [4.69, 9.17) is 4.74 Å². The Bertz CT molecular complexity index is 718. The number of nitrogens with one attached hydrogen (secondary N) is 1. The van der Waals surface area contributed by atoms with Crippen LogP contribution in [0.5, 0.6) is 5.75 Å². The molecule has 0 bridgehead atoms. The van der Waals surface area contributed by atoms with Gasteiger partial charge in [-0.25, -0.2) is 4.99 Å². The number of nitrogens with zero attached hydrogens (tertiary/aromatic N) is 2. The maximum Gasteiger partial charge on any atom is 0.194 e. The van der Waals surface area contributed by atoms with Gasteiger partial charge in [0.15, 0.2) is 5.96 Å². The zero-order valence-electron chi connectivity index (χ0n) is 15.3. The van der Waals surface area contributed by atoms with Crippen LogP contribution in [0.15, 0.2) is 59.6 Å². The molecule has 1 saturated heterocycles. The summed E-state index contributed by atoms with van der Waals surface area (Å²) in [6, 6.07) is 18.3. The highest BCUT2D eigenvalue weighted by atomic mass is 16.5. The molecule has 2 N–H and O–H groups in total. The van der Waals surface area contributed by atoms with Gasteiger partial charge in [0.25, 0.3) is 0 Å². The third kappa shape index (κ3) is 4.76. The van der Waals surface area contributed by atoms with Gasteiger partial charge in [0, 0.05) is 25.2 Å². The fourth-order valence-corrected chi connectivity index (χ4v) is 3.12. The number of hydrogen-bond acceptors (Lipinski definition) is 3. The van der Waals surface area contributed by atoms with Crippen molar-refractivity contribution >= 4 is 5.96 Å². The molecule has 1 aliphatic rings. The minimum atomic E-state index is -0.257. The van der Waals surface area contributed by atoms with Crippen LogP contribution in [0.2, 0.25) is 0 Å². The Hall–Kier alpha value is -2.53. The van der Waals surface area contributed by atoms with Crippen LogP contribution < -0.4 is 10.1 Å². The molecule has 0 aliphatic carbocycles. The quantitative estimate of drug-likeness (QED) is 0.476. The fourth-order valence-electron chi connectivity index (χ4n) is 3.12. The van der Waals surface area contributed by atoms with Gasteiger partial charge in [-0.3, -0.25) is 0 Å². The van der Waals surface area contributed by atoms with Crippen LogP contribution in [-0.4, -0.2) is 54.9 Å². The summed E-state index contributed by atoms with van der Waals surface area (Å²) in [6.45, 7) is 5.42. The lowest BCUT2D eigenvalue weighted by molar-refractivity contribution is 0.187. The molecular weight excluding hydrogens is 326 g/mol. The molecule has 0 amide bonds. The van der Waals surface area contributed by atoms with E-state index in [0.717, 1.165) is 42.3 Å². The average molecular weight is 353 g/mol. The highest BCUT2D eigenvalue weighted by molar-refractivity contribution is 5.80. The Balaban J connectivity index is 1.61. The number of benzene rings is 2. The predicted molar refractivity (Wildman–Crippen MR) is 106 cm³/mol. The van der Waals surface area contributed by atoms with Crippen molar-refractivity contribution in [3.63, 3.8) is 0 Å². The van der Waals surface area contributed by atoms with E-state index in [9.17, 15) is 5.11 Å². The van der Waals surface area contributed by atoms with Crippen molar-refractivity contribution in [1.29, 1.82) is 0 Å². The van der Waals surface area contributed by atoms with Gasteiger partial charge in [-0.05, 0) is 25.0 Å². The second-order valence-electron chi connectivity index (χ2n) is 6.33. The number of hydrogen-bond donors (Lipinski definition) is 2. The lowest BCUT2D eigenvalue weighted by Crippen LogP contribution is -2.40. The first-order chi connectivity index (χ1) is 12.8. The van der Waals surface area contributed by atoms with Crippen molar-refractivity contribution in [3.8, 4) is 16.9 Å². The van der Waals surface area contributed by atoms with Crippen molar-refractivity contribution in [2.75, 3.05) is 32.8 Å². The number of aliphatic hydroxyl groups is 1. The number of β-amino-alcohol motifs (C(OH)–C–C–N with tert-alkyl or cyclic N) is 1. The number of guanidine groups is 1. The van der Waals surface area contributed by atoms with Gasteiger partial charge in [0.05, 0.1) is 12.6 Å². The molecule has 138 valence electrons. The maximum absolute atomic E-state index is 9.73. The Morgan fingerprint density at radius 3 is 2.69 bits per heavy atom. The molecule has 0 saturated carbocycles. The van der Waals surface area contributed by atoms with Crippen LogP contribution in [-0.2, 0) is 0 Å². The topological polar surface area (TPSA) is 57.1 Å². The summed E-state index contributed by atoms with van der Waals surface area (Å²) in [5.41, 5.74) is 2.23. The molecule has 1 heterocycles. The van der Waals surface area contributed by atoms with E-state index >= 15 is 0 Å².